The topological polar surface area (TPSA) is 56.7 Å². The first-order valence-corrected chi connectivity index (χ1v) is 7.28. The van der Waals surface area contributed by atoms with Crippen molar-refractivity contribution in [2.24, 2.45) is 5.73 Å². The Kier molecular flexibility index (Phi) is 3.31. The molecule has 0 amide bonds. The standard InChI is InChI=1S/C14H16N4S/c1-2-7-18-11-5-6-16-9-10(11)17-14(18)13(15)12-4-3-8-19-12/h3-6,8-9,13H,2,7,15H2,1H3. The summed E-state index contributed by atoms with van der Waals surface area (Å²) >= 11 is 1.67. The summed E-state index contributed by atoms with van der Waals surface area (Å²) in [5.74, 6) is 0.923. The molecule has 0 aliphatic rings. The van der Waals surface area contributed by atoms with Crippen LogP contribution in [0.1, 0.15) is 30.1 Å². The van der Waals surface area contributed by atoms with Gasteiger partial charge >= 0.3 is 0 Å². The van der Waals surface area contributed by atoms with E-state index in [0.29, 0.717) is 0 Å². The van der Waals surface area contributed by atoms with E-state index in [1.807, 2.05) is 17.5 Å². The molecular formula is C14H16N4S. The normalized spacial score (nSPS) is 12.9. The molecule has 1 unspecified atom stereocenters. The monoisotopic (exact) mass is 272 g/mol. The number of aromatic nitrogens is 3. The summed E-state index contributed by atoms with van der Waals surface area (Å²) in [6, 6.07) is 5.92. The molecule has 19 heavy (non-hydrogen) atoms. The van der Waals surface area contributed by atoms with E-state index in [1.165, 1.54) is 0 Å². The van der Waals surface area contributed by atoms with Crippen molar-refractivity contribution in [1.82, 2.24) is 14.5 Å². The summed E-state index contributed by atoms with van der Waals surface area (Å²) < 4.78 is 2.21. The quantitative estimate of drug-likeness (QED) is 0.794. The third-order valence-electron chi connectivity index (χ3n) is 3.16. The molecule has 1 atom stereocenters. The predicted molar refractivity (Wildman–Crippen MR) is 78.2 cm³/mol. The van der Waals surface area contributed by atoms with Crippen LogP contribution in [-0.4, -0.2) is 14.5 Å². The van der Waals surface area contributed by atoms with Crippen molar-refractivity contribution in [3.63, 3.8) is 0 Å². The SMILES string of the molecule is CCCn1c(C(N)c2cccs2)nc2cnccc21. The summed E-state index contributed by atoms with van der Waals surface area (Å²) in [7, 11) is 0. The van der Waals surface area contributed by atoms with Crippen molar-refractivity contribution < 1.29 is 0 Å². The number of rotatable bonds is 4. The van der Waals surface area contributed by atoms with Gasteiger partial charge in [-0.05, 0) is 23.9 Å². The third kappa shape index (κ3) is 2.15. The Morgan fingerprint density at radius 1 is 1.42 bits per heavy atom. The second-order valence-corrected chi connectivity index (χ2v) is 5.46. The zero-order valence-corrected chi connectivity index (χ0v) is 11.6. The van der Waals surface area contributed by atoms with Crippen LogP contribution in [0.5, 0.6) is 0 Å². The summed E-state index contributed by atoms with van der Waals surface area (Å²) in [6.07, 6.45) is 4.65. The summed E-state index contributed by atoms with van der Waals surface area (Å²) in [4.78, 5) is 9.94. The molecule has 0 aliphatic heterocycles. The highest BCUT2D eigenvalue weighted by Crippen LogP contribution is 2.26. The second-order valence-electron chi connectivity index (χ2n) is 4.48. The molecule has 0 aliphatic carbocycles. The lowest BCUT2D eigenvalue weighted by molar-refractivity contribution is 0.630. The zero-order valence-electron chi connectivity index (χ0n) is 10.8. The van der Waals surface area contributed by atoms with E-state index in [0.717, 1.165) is 34.7 Å². The van der Waals surface area contributed by atoms with Crippen molar-refractivity contribution in [2.45, 2.75) is 25.9 Å². The lowest BCUT2D eigenvalue weighted by Gasteiger charge is -2.12. The van der Waals surface area contributed by atoms with E-state index in [9.17, 15) is 0 Å². The van der Waals surface area contributed by atoms with E-state index in [1.54, 1.807) is 23.7 Å². The van der Waals surface area contributed by atoms with Gasteiger partial charge in [-0.2, -0.15) is 0 Å². The number of thiophene rings is 1. The van der Waals surface area contributed by atoms with Crippen molar-refractivity contribution in [2.75, 3.05) is 0 Å². The summed E-state index contributed by atoms with van der Waals surface area (Å²) in [6.45, 7) is 3.09. The second kappa shape index (κ2) is 5.11. The molecule has 0 saturated carbocycles. The highest BCUT2D eigenvalue weighted by Gasteiger charge is 2.18. The molecule has 0 radical (unpaired) electrons. The molecule has 4 nitrogen and oxygen atoms in total. The largest absolute Gasteiger partial charge is 0.326 e. The molecule has 3 rings (SSSR count). The Labute approximate surface area is 115 Å². The van der Waals surface area contributed by atoms with Crippen molar-refractivity contribution in [3.05, 3.63) is 46.7 Å². The van der Waals surface area contributed by atoms with Gasteiger partial charge in [0, 0.05) is 17.6 Å². The lowest BCUT2D eigenvalue weighted by Crippen LogP contribution is -2.17. The molecule has 2 N–H and O–H groups in total. The van der Waals surface area contributed by atoms with E-state index >= 15 is 0 Å². The number of aryl methyl sites for hydroxylation is 1. The minimum atomic E-state index is -0.168. The first-order chi connectivity index (χ1) is 9.31. The fourth-order valence-electron chi connectivity index (χ4n) is 2.29. The van der Waals surface area contributed by atoms with Gasteiger partial charge in [0.05, 0.1) is 17.8 Å². The van der Waals surface area contributed by atoms with E-state index in [-0.39, 0.29) is 6.04 Å². The maximum atomic E-state index is 6.36. The van der Waals surface area contributed by atoms with Crippen LogP contribution < -0.4 is 5.73 Å². The Bertz CT molecular complexity index is 672. The number of hydrogen-bond donors (Lipinski definition) is 1. The van der Waals surface area contributed by atoms with Crippen molar-refractivity contribution in [1.29, 1.82) is 0 Å². The van der Waals surface area contributed by atoms with Crippen LogP contribution in [0.3, 0.4) is 0 Å². The van der Waals surface area contributed by atoms with Crippen molar-refractivity contribution >= 4 is 22.4 Å². The third-order valence-corrected chi connectivity index (χ3v) is 4.11. The smallest absolute Gasteiger partial charge is 0.132 e. The van der Waals surface area contributed by atoms with Gasteiger partial charge in [0.2, 0.25) is 0 Å². The summed E-state index contributed by atoms with van der Waals surface area (Å²) in [5, 5.41) is 2.05. The first kappa shape index (κ1) is 12.3. The van der Waals surface area contributed by atoms with Gasteiger partial charge in [0.15, 0.2) is 0 Å². The molecule has 3 heterocycles. The van der Waals surface area contributed by atoms with Crippen LogP contribution in [0.25, 0.3) is 11.0 Å². The highest BCUT2D eigenvalue weighted by atomic mass is 32.1. The fourth-order valence-corrected chi connectivity index (χ4v) is 3.02. The molecule has 0 aromatic carbocycles. The number of hydrogen-bond acceptors (Lipinski definition) is 4. The maximum absolute atomic E-state index is 6.36. The minimum Gasteiger partial charge on any atom is -0.326 e. The van der Waals surface area contributed by atoms with Crippen molar-refractivity contribution in [3.8, 4) is 0 Å². The highest BCUT2D eigenvalue weighted by molar-refractivity contribution is 7.10. The number of nitrogens with two attached hydrogens (primary N) is 1. The molecule has 98 valence electrons. The van der Waals surface area contributed by atoms with Gasteiger partial charge in [0.1, 0.15) is 11.3 Å². The van der Waals surface area contributed by atoms with Gasteiger partial charge < -0.3 is 10.3 Å². The van der Waals surface area contributed by atoms with Crippen LogP contribution in [0.2, 0.25) is 0 Å². The number of nitrogens with zero attached hydrogens (tertiary/aromatic N) is 3. The maximum Gasteiger partial charge on any atom is 0.132 e. The van der Waals surface area contributed by atoms with E-state index < -0.39 is 0 Å². The Morgan fingerprint density at radius 3 is 3.05 bits per heavy atom. The number of fused-ring (bicyclic) bond motifs is 1. The zero-order chi connectivity index (χ0) is 13.2. The summed E-state index contributed by atoms with van der Waals surface area (Å²) in [5.41, 5.74) is 8.39. The Balaban J connectivity index is 2.14. The molecule has 3 aromatic rings. The van der Waals surface area contributed by atoms with Gasteiger partial charge in [-0.3, -0.25) is 4.98 Å². The first-order valence-electron chi connectivity index (χ1n) is 6.40. The Hall–Kier alpha value is -1.72. The van der Waals surface area contributed by atoms with E-state index in [2.05, 4.69) is 27.5 Å². The van der Waals surface area contributed by atoms with Gasteiger partial charge in [-0.25, -0.2) is 4.98 Å². The van der Waals surface area contributed by atoms with Gasteiger partial charge in [-0.15, -0.1) is 11.3 Å². The van der Waals surface area contributed by atoms with Crippen LogP contribution >= 0.6 is 11.3 Å². The minimum absolute atomic E-state index is 0.168. The van der Waals surface area contributed by atoms with Crippen LogP contribution in [-0.2, 0) is 6.54 Å². The lowest BCUT2D eigenvalue weighted by atomic mass is 10.2. The molecule has 0 fully saturated rings. The molecule has 3 aromatic heterocycles. The van der Waals surface area contributed by atoms with E-state index in [4.69, 9.17) is 5.73 Å². The van der Waals surface area contributed by atoms with Crippen LogP contribution in [0.4, 0.5) is 0 Å². The molecule has 5 heteroatoms. The predicted octanol–water partition coefficient (Wildman–Crippen LogP) is 2.95. The van der Waals surface area contributed by atoms with Gasteiger partial charge in [-0.1, -0.05) is 13.0 Å². The average molecular weight is 272 g/mol. The number of imidazole rings is 1. The van der Waals surface area contributed by atoms with Crippen LogP contribution in [0.15, 0.2) is 36.0 Å². The Morgan fingerprint density at radius 2 is 2.32 bits per heavy atom. The molecule has 0 bridgehead atoms. The fraction of sp³-hybridized carbons (Fsp3) is 0.286. The average Bonchev–Trinajstić information content (AvgIpc) is 3.06. The van der Waals surface area contributed by atoms with Gasteiger partial charge in [0.25, 0.3) is 0 Å². The molecule has 0 spiro atoms. The molecular weight excluding hydrogens is 256 g/mol. The van der Waals surface area contributed by atoms with Crippen LogP contribution in [0, 0.1) is 0 Å². The number of pyridine rings is 1. The molecule has 0 saturated heterocycles.